The quantitative estimate of drug-likeness (QED) is 0.803. The van der Waals surface area contributed by atoms with Crippen LogP contribution >= 0.6 is 11.6 Å². The number of hydrogen-bond donors (Lipinski definition) is 3. The van der Waals surface area contributed by atoms with E-state index >= 15 is 0 Å². The maximum Gasteiger partial charge on any atom is 0.255 e. The molecule has 2 atom stereocenters. The highest BCUT2D eigenvalue weighted by molar-refractivity contribution is 6.31. The van der Waals surface area contributed by atoms with Crippen LogP contribution in [0.15, 0.2) is 18.2 Å². The van der Waals surface area contributed by atoms with Gasteiger partial charge < -0.3 is 15.5 Å². The van der Waals surface area contributed by atoms with Gasteiger partial charge in [0.2, 0.25) is 0 Å². The third-order valence-corrected chi connectivity index (χ3v) is 4.21. The van der Waals surface area contributed by atoms with Crippen LogP contribution in [0.4, 0.5) is 0 Å². The number of rotatable bonds is 3. The highest BCUT2D eigenvalue weighted by atomic mass is 35.5. The summed E-state index contributed by atoms with van der Waals surface area (Å²) in [5.74, 6) is -0.0406. The fourth-order valence-electron chi connectivity index (χ4n) is 2.96. The van der Waals surface area contributed by atoms with E-state index in [0.717, 1.165) is 25.7 Å². The van der Waals surface area contributed by atoms with E-state index in [1.54, 1.807) is 0 Å². The summed E-state index contributed by atoms with van der Waals surface area (Å²) < 4.78 is 0. The zero-order chi connectivity index (χ0) is 14.8. The van der Waals surface area contributed by atoms with Crippen molar-refractivity contribution in [1.29, 1.82) is 0 Å². The Morgan fingerprint density at radius 1 is 1.55 bits per heavy atom. The maximum atomic E-state index is 12.3. The number of phenols is 1. The summed E-state index contributed by atoms with van der Waals surface area (Å²) in [6, 6.07) is 4.36. The second-order valence-electron chi connectivity index (χ2n) is 5.76. The van der Waals surface area contributed by atoms with E-state index in [4.69, 9.17) is 11.6 Å². The molecule has 110 valence electrons. The molecule has 0 aromatic heterocycles. The van der Waals surface area contributed by atoms with Gasteiger partial charge >= 0.3 is 0 Å². The number of phenolic OH excluding ortho intramolecular Hbond substituents is 1. The van der Waals surface area contributed by atoms with Gasteiger partial charge in [-0.2, -0.15) is 0 Å². The van der Waals surface area contributed by atoms with E-state index in [2.05, 4.69) is 12.2 Å². The molecule has 0 spiro atoms. The van der Waals surface area contributed by atoms with Crippen molar-refractivity contribution >= 4 is 17.5 Å². The van der Waals surface area contributed by atoms with Gasteiger partial charge in [0.25, 0.3) is 5.91 Å². The minimum atomic E-state index is -0.594. The summed E-state index contributed by atoms with van der Waals surface area (Å²) in [5.41, 5.74) is -0.452. The van der Waals surface area contributed by atoms with Crippen LogP contribution in [-0.2, 0) is 0 Å². The minimum absolute atomic E-state index is 0.0928. The second kappa shape index (κ2) is 6.02. The smallest absolute Gasteiger partial charge is 0.255 e. The molecular weight excluding hydrogens is 278 g/mol. The van der Waals surface area contributed by atoms with Crippen molar-refractivity contribution in [3.05, 3.63) is 28.8 Å². The number of carbonyl (C=O) groups excluding carboxylic acids is 1. The van der Waals surface area contributed by atoms with Gasteiger partial charge in [0.1, 0.15) is 5.75 Å². The molecule has 0 bridgehead atoms. The van der Waals surface area contributed by atoms with Crippen molar-refractivity contribution in [3.8, 4) is 5.75 Å². The number of halogens is 1. The molecule has 5 heteroatoms. The lowest BCUT2D eigenvalue weighted by Gasteiger charge is -2.39. The molecule has 4 nitrogen and oxygen atoms in total. The Morgan fingerprint density at radius 3 is 2.95 bits per heavy atom. The zero-order valence-corrected chi connectivity index (χ0v) is 12.3. The fourth-order valence-corrected chi connectivity index (χ4v) is 3.13. The van der Waals surface area contributed by atoms with Gasteiger partial charge in [-0.1, -0.05) is 31.4 Å². The third kappa shape index (κ3) is 3.25. The van der Waals surface area contributed by atoms with E-state index in [1.165, 1.54) is 18.2 Å². The summed E-state index contributed by atoms with van der Waals surface area (Å²) in [6.07, 6.45) is 3.58. The van der Waals surface area contributed by atoms with Crippen molar-refractivity contribution < 1.29 is 15.0 Å². The largest absolute Gasteiger partial charge is 0.507 e. The average Bonchev–Trinajstić information content (AvgIpc) is 2.41. The van der Waals surface area contributed by atoms with E-state index in [1.807, 2.05) is 0 Å². The van der Waals surface area contributed by atoms with Crippen LogP contribution in [0.25, 0.3) is 0 Å². The topological polar surface area (TPSA) is 69.6 Å². The summed E-state index contributed by atoms with van der Waals surface area (Å²) >= 11 is 5.85. The molecule has 3 N–H and O–H groups in total. The highest BCUT2D eigenvalue weighted by Gasteiger charge is 2.36. The fraction of sp³-hybridized carbons (Fsp3) is 0.533. The molecule has 1 aliphatic rings. The average molecular weight is 298 g/mol. The molecule has 1 aliphatic carbocycles. The summed E-state index contributed by atoms with van der Waals surface area (Å²) in [6.45, 7) is 2.02. The number of amides is 1. The highest BCUT2D eigenvalue weighted by Crippen LogP contribution is 2.33. The number of nitrogens with one attached hydrogen (secondary N) is 1. The van der Waals surface area contributed by atoms with Gasteiger partial charge in [0, 0.05) is 5.02 Å². The minimum Gasteiger partial charge on any atom is -0.507 e. The number of aromatic hydroxyl groups is 1. The maximum absolute atomic E-state index is 12.3. The number of hydrogen-bond acceptors (Lipinski definition) is 3. The SMILES string of the molecule is CC1CCCC(CO)(NC(=O)c2cc(Cl)ccc2O)C1. The van der Waals surface area contributed by atoms with Gasteiger partial charge in [0.15, 0.2) is 0 Å². The Labute approximate surface area is 123 Å². The lowest BCUT2D eigenvalue weighted by Crippen LogP contribution is -2.53. The number of aliphatic hydroxyl groups excluding tert-OH is 1. The number of carbonyl (C=O) groups is 1. The summed E-state index contributed by atoms with van der Waals surface area (Å²) in [4.78, 5) is 12.3. The van der Waals surface area contributed by atoms with Crippen molar-refractivity contribution in [1.82, 2.24) is 5.32 Å². The molecule has 1 aromatic carbocycles. The molecule has 2 rings (SSSR count). The Balaban J connectivity index is 2.19. The molecule has 1 aromatic rings. The standard InChI is InChI=1S/C15H20ClNO3/c1-10-3-2-6-15(8-10,9-18)17-14(20)12-7-11(16)4-5-13(12)19/h4-5,7,10,18-19H,2-3,6,8-9H2,1H3,(H,17,20). The Bertz CT molecular complexity index is 506. The van der Waals surface area contributed by atoms with Crippen LogP contribution in [0.5, 0.6) is 5.75 Å². The first kappa shape index (κ1) is 15.1. The molecular formula is C15H20ClNO3. The summed E-state index contributed by atoms with van der Waals surface area (Å²) in [7, 11) is 0. The second-order valence-corrected chi connectivity index (χ2v) is 6.19. The predicted octanol–water partition coefficient (Wildman–Crippen LogP) is 2.72. The van der Waals surface area contributed by atoms with Crippen molar-refractivity contribution in [2.45, 2.75) is 38.1 Å². The van der Waals surface area contributed by atoms with Crippen LogP contribution in [0, 0.1) is 5.92 Å². The van der Waals surface area contributed by atoms with Gasteiger partial charge in [-0.05, 0) is 37.0 Å². The molecule has 2 unspecified atom stereocenters. The first-order chi connectivity index (χ1) is 9.46. The Hall–Kier alpha value is -1.26. The van der Waals surface area contributed by atoms with Gasteiger partial charge in [-0.25, -0.2) is 0 Å². The molecule has 0 heterocycles. The monoisotopic (exact) mass is 297 g/mol. The zero-order valence-electron chi connectivity index (χ0n) is 11.5. The van der Waals surface area contributed by atoms with Crippen LogP contribution in [0.3, 0.4) is 0 Å². The van der Waals surface area contributed by atoms with E-state index in [-0.39, 0.29) is 17.9 Å². The molecule has 0 radical (unpaired) electrons. The molecule has 0 saturated heterocycles. The molecule has 20 heavy (non-hydrogen) atoms. The van der Waals surface area contributed by atoms with Gasteiger partial charge in [-0.3, -0.25) is 4.79 Å². The van der Waals surface area contributed by atoms with Crippen LogP contribution < -0.4 is 5.32 Å². The third-order valence-electron chi connectivity index (χ3n) is 3.98. The van der Waals surface area contributed by atoms with Crippen LogP contribution in [0.1, 0.15) is 43.0 Å². The molecule has 0 aliphatic heterocycles. The van der Waals surface area contributed by atoms with Crippen molar-refractivity contribution in [2.24, 2.45) is 5.92 Å². The van der Waals surface area contributed by atoms with Crippen LogP contribution in [0.2, 0.25) is 5.02 Å². The van der Waals surface area contributed by atoms with Gasteiger partial charge in [0.05, 0.1) is 17.7 Å². The summed E-state index contributed by atoms with van der Waals surface area (Å²) in [5, 5.41) is 22.7. The van der Waals surface area contributed by atoms with Crippen molar-refractivity contribution in [3.63, 3.8) is 0 Å². The van der Waals surface area contributed by atoms with Gasteiger partial charge in [-0.15, -0.1) is 0 Å². The Kier molecular flexibility index (Phi) is 4.55. The number of aliphatic hydroxyl groups is 1. The molecule has 1 fully saturated rings. The van der Waals surface area contributed by atoms with E-state index < -0.39 is 11.4 Å². The van der Waals surface area contributed by atoms with E-state index in [0.29, 0.717) is 10.9 Å². The molecule has 1 saturated carbocycles. The predicted molar refractivity (Wildman–Crippen MR) is 78.0 cm³/mol. The number of benzene rings is 1. The Morgan fingerprint density at radius 2 is 2.30 bits per heavy atom. The van der Waals surface area contributed by atoms with Crippen molar-refractivity contribution in [2.75, 3.05) is 6.61 Å². The lowest BCUT2D eigenvalue weighted by molar-refractivity contribution is 0.0695. The normalized spacial score (nSPS) is 26.2. The first-order valence-corrected chi connectivity index (χ1v) is 7.25. The molecule has 1 amide bonds. The van der Waals surface area contributed by atoms with E-state index in [9.17, 15) is 15.0 Å². The first-order valence-electron chi connectivity index (χ1n) is 6.88. The lowest BCUT2D eigenvalue weighted by atomic mass is 9.76. The van der Waals surface area contributed by atoms with Crippen LogP contribution in [-0.4, -0.2) is 28.3 Å².